The Labute approximate surface area is 171 Å². The van der Waals surface area contributed by atoms with Crippen LogP contribution in [-0.2, 0) is 19.6 Å². The van der Waals surface area contributed by atoms with Crippen LogP contribution in [0, 0.1) is 5.92 Å². The van der Waals surface area contributed by atoms with Crippen molar-refractivity contribution in [3.8, 4) is 5.75 Å². The first kappa shape index (κ1) is 22.9. The molecule has 10 heteroatoms. The van der Waals surface area contributed by atoms with Gasteiger partial charge in [0.2, 0.25) is 10.0 Å². The number of hydrogen-bond donors (Lipinski definition) is 2. The van der Waals surface area contributed by atoms with Gasteiger partial charge in [-0.25, -0.2) is 13.1 Å². The summed E-state index contributed by atoms with van der Waals surface area (Å²) in [7, 11) is -3.63. The first-order chi connectivity index (χ1) is 13.3. The molecule has 28 heavy (non-hydrogen) atoms. The predicted molar refractivity (Wildman–Crippen MR) is 107 cm³/mol. The van der Waals surface area contributed by atoms with Crippen molar-refractivity contribution in [1.29, 1.82) is 0 Å². The zero-order valence-corrected chi connectivity index (χ0v) is 17.8. The van der Waals surface area contributed by atoms with Gasteiger partial charge in [0.1, 0.15) is 5.75 Å². The Morgan fingerprint density at radius 1 is 1.32 bits per heavy atom. The van der Waals surface area contributed by atoms with Crippen molar-refractivity contribution in [3.05, 3.63) is 23.2 Å². The first-order valence-corrected chi connectivity index (χ1v) is 11.1. The minimum Gasteiger partial charge on any atom is -0.482 e. The van der Waals surface area contributed by atoms with E-state index in [0.717, 1.165) is 19.6 Å². The number of ether oxygens (including phenoxy) is 2. The zero-order chi connectivity index (χ0) is 20.6. The van der Waals surface area contributed by atoms with Gasteiger partial charge in [-0.3, -0.25) is 9.69 Å². The minimum absolute atomic E-state index is 0.0560. The molecule has 1 aromatic carbocycles. The average molecular weight is 434 g/mol. The van der Waals surface area contributed by atoms with E-state index in [1.807, 2.05) is 13.8 Å². The summed E-state index contributed by atoms with van der Waals surface area (Å²) in [5.74, 6) is 0.182. The number of nitrogens with zero attached hydrogens (tertiary/aromatic N) is 1. The van der Waals surface area contributed by atoms with Crippen molar-refractivity contribution in [3.63, 3.8) is 0 Å². The summed E-state index contributed by atoms with van der Waals surface area (Å²) in [6.45, 7) is 8.41. The van der Waals surface area contributed by atoms with E-state index in [1.54, 1.807) is 0 Å². The third kappa shape index (κ3) is 7.56. The Bertz CT molecular complexity index is 752. The van der Waals surface area contributed by atoms with Crippen molar-refractivity contribution < 1.29 is 22.7 Å². The van der Waals surface area contributed by atoms with Gasteiger partial charge in [-0.2, -0.15) is 0 Å². The molecule has 8 nitrogen and oxygen atoms in total. The van der Waals surface area contributed by atoms with Crippen molar-refractivity contribution in [1.82, 2.24) is 14.9 Å². The topological polar surface area (TPSA) is 97.0 Å². The van der Waals surface area contributed by atoms with Crippen molar-refractivity contribution in [2.75, 3.05) is 52.5 Å². The molecule has 1 fully saturated rings. The fourth-order valence-corrected chi connectivity index (χ4v) is 4.04. The molecule has 2 rings (SSSR count). The highest BCUT2D eigenvalue weighted by Crippen LogP contribution is 2.27. The molecule has 0 spiro atoms. The fraction of sp³-hybridized carbons (Fsp3) is 0.611. The predicted octanol–water partition coefficient (Wildman–Crippen LogP) is 1.10. The van der Waals surface area contributed by atoms with Crippen LogP contribution in [-0.4, -0.2) is 71.8 Å². The van der Waals surface area contributed by atoms with Gasteiger partial charge in [0.05, 0.1) is 23.1 Å². The Balaban J connectivity index is 1.79. The molecule has 1 amide bonds. The first-order valence-electron chi connectivity index (χ1n) is 9.27. The highest BCUT2D eigenvalue weighted by molar-refractivity contribution is 7.89. The minimum atomic E-state index is -3.63. The van der Waals surface area contributed by atoms with Gasteiger partial charge in [-0.1, -0.05) is 25.4 Å². The summed E-state index contributed by atoms with van der Waals surface area (Å²) in [5, 5.41) is 2.92. The van der Waals surface area contributed by atoms with E-state index in [2.05, 4.69) is 14.9 Å². The molecule has 0 unspecified atom stereocenters. The van der Waals surface area contributed by atoms with E-state index >= 15 is 0 Å². The van der Waals surface area contributed by atoms with Crippen LogP contribution in [0.3, 0.4) is 0 Å². The van der Waals surface area contributed by atoms with Crippen LogP contribution in [0.15, 0.2) is 23.1 Å². The Hall–Kier alpha value is -1.39. The lowest BCUT2D eigenvalue weighted by Crippen LogP contribution is -2.42. The van der Waals surface area contributed by atoms with E-state index in [4.69, 9.17) is 21.1 Å². The third-order valence-electron chi connectivity index (χ3n) is 4.11. The molecule has 1 aliphatic rings. The van der Waals surface area contributed by atoms with Crippen LogP contribution in [0.1, 0.15) is 13.8 Å². The molecule has 0 radical (unpaired) electrons. The summed E-state index contributed by atoms with van der Waals surface area (Å²) >= 11 is 6.12. The zero-order valence-electron chi connectivity index (χ0n) is 16.2. The van der Waals surface area contributed by atoms with E-state index in [0.29, 0.717) is 26.3 Å². The number of morpholine rings is 1. The van der Waals surface area contributed by atoms with Gasteiger partial charge in [0.25, 0.3) is 5.91 Å². The maximum atomic E-state index is 12.2. The second-order valence-electron chi connectivity index (χ2n) is 6.93. The van der Waals surface area contributed by atoms with Gasteiger partial charge < -0.3 is 14.8 Å². The van der Waals surface area contributed by atoms with Crippen molar-refractivity contribution >= 4 is 27.5 Å². The molecule has 1 heterocycles. The molecular weight excluding hydrogens is 406 g/mol. The van der Waals surface area contributed by atoms with Crippen molar-refractivity contribution in [2.24, 2.45) is 5.92 Å². The van der Waals surface area contributed by atoms with E-state index in [9.17, 15) is 13.2 Å². The normalized spacial score (nSPS) is 15.6. The van der Waals surface area contributed by atoms with Gasteiger partial charge in [0, 0.05) is 32.7 Å². The number of nitrogens with one attached hydrogen (secondary N) is 2. The SMILES string of the molecule is CC(C)CNS(=O)(=O)c1ccc(OCC(=O)NCCN2CCOCC2)c(Cl)c1. The number of halogens is 1. The van der Waals surface area contributed by atoms with Crippen molar-refractivity contribution in [2.45, 2.75) is 18.7 Å². The van der Waals surface area contributed by atoms with E-state index in [1.165, 1.54) is 18.2 Å². The highest BCUT2D eigenvalue weighted by Gasteiger charge is 2.17. The largest absolute Gasteiger partial charge is 0.482 e. The number of rotatable bonds is 10. The molecule has 0 aliphatic carbocycles. The average Bonchev–Trinajstić information content (AvgIpc) is 2.66. The Morgan fingerprint density at radius 2 is 2.04 bits per heavy atom. The quantitative estimate of drug-likeness (QED) is 0.573. The summed E-state index contributed by atoms with van der Waals surface area (Å²) in [4.78, 5) is 14.2. The summed E-state index contributed by atoms with van der Waals surface area (Å²) in [6, 6.07) is 4.17. The Kier molecular flexibility index (Phi) is 8.97. The maximum Gasteiger partial charge on any atom is 0.257 e. The maximum absolute atomic E-state index is 12.2. The lowest BCUT2D eigenvalue weighted by Gasteiger charge is -2.26. The van der Waals surface area contributed by atoms with Crippen LogP contribution in [0.4, 0.5) is 0 Å². The molecule has 0 atom stereocenters. The second-order valence-corrected chi connectivity index (χ2v) is 9.10. The lowest BCUT2D eigenvalue weighted by atomic mass is 10.2. The molecule has 1 aliphatic heterocycles. The van der Waals surface area contributed by atoms with Crippen LogP contribution in [0.5, 0.6) is 5.75 Å². The van der Waals surface area contributed by atoms with Crippen LogP contribution >= 0.6 is 11.6 Å². The molecule has 158 valence electrons. The third-order valence-corrected chi connectivity index (χ3v) is 5.82. The molecule has 0 bridgehead atoms. The summed E-state index contributed by atoms with van der Waals surface area (Å²) in [5.41, 5.74) is 0. The van der Waals surface area contributed by atoms with Crippen LogP contribution in [0.2, 0.25) is 5.02 Å². The summed E-state index contributed by atoms with van der Waals surface area (Å²) in [6.07, 6.45) is 0. The van der Waals surface area contributed by atoms with E-state index in [-0.39, 0.29) is 34.1 Å². The smallest absolute Gasteiger partial charge is 0.257 e. The summed E-state index contributed by atoms with van der Waals surface area (Å²) < 4.78 is 37.7. The standard InChI is InChI=1S/C18H28ClN3O5S/c1-14(2)12-21-28(24,25)15-3-4-17(16(19)11-15)27-13-18(23)20-5-6-22-7-9-26-10-8-22/h3-4,11,14,21H,5-10,12-13H2,1-2H3,(H,20,23). The molecule has 0 aromatic heterocycles. The van der Waals surface area contributed by atoms with Crippen LogP contribution in [0.25, 0.3) is 0 Å². The van der Waals surface area contributed by atoms with E-state index < -0.39 is 10.0 Å². The molecule has 1 saturated heterocycles. The van der Waals surface area contributed by atoms with Gasteiger partial charge in [0.15, 0.2) is 6.61 Å². The van der Waals surface area contributed by atoms with Gasteiger partial charge in [-0.15, -0.1) is 0 Å². The molecule has 0 saturated carbocycles. The number of carbonyl (C=O) groups is 1. The number of carbonyl (C=O) groups excluding carboxylic acids is 1. The molecule has 1 aromatic rings. The number of hydrogen-bond acceptors (Lipinski definition) is 6. The monoisotopic (exact) mass is 433 g/mol. The number of sulfonamides is 1. The number of amides is 1. The lowest BCUT2D eigenvalue weighted by molar-refractivity contribution is -0.123. The van der Waals surface area contributed by atoms with Crippen LogP contribution < -0.4 is 14.8 Å². The van der Waals surface area contributed by atoms with Gasteiger partial charge >= 0.3 is 0 Å². The molecular formula is C18H28ClN3O5S. The second kappa shape index (κ2) is 11.0. The fourth-order valence-electron chi connectivity index (χ4n) is 2.50. The van der Waals surface area contributed by atoms with Gasteiger partial charge in [-0.05, 0) is 24.1 Å². The highest BCUT2D eigenvalue weighted by atomic mass is 35.5. The molecule has 2 N–H and O–H groups in total. The Morgan fingerprint density at radius 3 is 2.68 bits per heavy atom. The number of benzene rings is 1.